The van der Waals surface area contributed by atoms with Gasteiger partial charge in [-0.05, 0) is 56.0 Å². The van der Waals surface area contributed by atoms with E-state index in [-0.39, 0.29) is 24.0 Å². The molecule has 0 radical (unpaired) electrons. The number of aliphatic imine (C=N–C) groups is 1. The molecule has 1 atom stereocenters. The van der Waals surface area contributed by atoms with Crippen molar-refractivity contribution in [1.82, 2.24) is 20.4 Å². The summed E-state index contributed by atoms with van der Waals surface area (Å²) in [5.74, 6) is 2.29. The number of nitrogens with one attached hydrogen (secondary N) is 2. The van der Waals surface area contributed by atoms with Gasteiger partial charge in [0.15, 0.2) is 5.96 Å². The molecule has 1 aliphatic rings. The summed E-state index contributed by atoms with van der Waals surface area (Å²) >= 11 is 0. The van der Waals surface area contributed by atoms with Gasteiger partial charge in [-0.25, -0.2) is 4.68 Å². The number of guanidine groups is 1. The maximum absolute atomic E-state index is 5.37. The largest absolute Gasteiger partial charge is 0.497 e. The smallest absolute Gasteiger partial charge is 0.191 e. The minimum absolute atomic E-state index is 0. The molecule has 1 aromatic heterocycles. The van der Waals surface area contributed by atoms with Gasteiger partial charge in [0.05, 0.1) is 18.5 Å². The Labute approximate surface area is 219 Å². The van der Waals surface area contributed by atoms with E-state index < -0.39 is 0 Å². The third kappa shape index (κ3) is 6.22. The van der Waals surface area contributed by atoms with Crippen molar-refractivity contribution in [2.75, 3.05) is 38.7 Å². The van der Waals surface area contributed by atoms with Crippen LogP contribution >= 0.6 is 24.0 Å². The van der Waals surface area contributed by atoms with Crippen molar-refractivity contribution in [2.24, 2.45) is 10.9 Å². The van der Waals surface area contributed by atoms with Crippen LogP contribution in [0.1, 0.15) is 23.4 Å². The molecule has 2 N–H and O–H groups in total. The van der Waals surface area contributed by atoms with E-state index in [1.807, 2.05) is 24.7 Å². The molecule has 0 saturated carbocycles. The number of halogens is 1. The molecule has 4 rings (SSSR count). The zero-order chi connectivity index (χ0) is 23.2. The first-order valence-corrected chi connectivity index (χ1v) is 11.5. The van der Waals surface area contributed by atoms with Gasteiger partial charge >= 0.3 is 0 Å². The molecule has 0 aliphatic carbocycles. The summed E-state index contributed by atoms with van der Waals surface area (Å²) in [5, 5.41) is 11.6. The zero-order valence-corrected chi connectivity index (χ0v) is 22.7. The van der Waals surface area contributed by atoms with Gasteiger partial charge in [-0.2, -0.15) is 5.10 Å². The van der Waals surface area contributed by atoms with Gasteiger partial charge < -0.3 is 20.3 Å². The van der Waals surface area contributed by atoms with Crippen LogP contribution in [-0.4, -0.2) is 49.5 Å². The fraction of sp³-hybridized carbons (Fsp3) is 0.385. The first-order chi connectivity index (χ1) is 16.1. The number of aryl methyl sites for hydroxylation is 2. The molecule has 1 unspecified atom stereocenters. The number of rotatable bonds is 7. The summed E-state index contributed by atoms with van der Waals surface area (Å²) in [4.78, 5) is 6.86. The minimum atomic E-state index is 0. The summed E-state index contributed by atoms with van der Waals surface area (Å²) in [6.07, 6.45) is 1.15. The number of methoxy groups -OCH3 is 1. The Morgan fingerprint density at radius 3 is 2.68 bits per heavy atom. The first-order valence-electron chi connectivity index (χ1n) is 11.5. The molecule has 2 aromatic carbocycles. The summed E-state index contributed by atoms with van der Waals surface area (Å²) in [7, 11) is 3.53. The Morgan fingerprint density at radius 2 is 1.94 bits per heavy atom. The monoisotopic (exact) mass is 574 g/mol. The zero-order valence-electron chi connectivity index (χ0n) is 20.4. The summed E-state index contributed by atoms with van der Waals surface area (Å²) in [6, 6.07) is 18.8. The first kappa shape index (κ1) is 25.9. The van der Waals surface area contributed by atoms with Crippen LogP contribution in [0.3, 0.4) is 0 Å². The molecular formula is C26H35IN6O. The minimum Gasteiger partial charge on any atom is -0.497 e. The summed E-state index contributed by atoms with van der Waals surface area (Å²) < 4.78 is 7.38. The van der Waals surface area contributed by atoms with Gasteiger partial charge in [0.25, 0.3) is 0 Å². The van der Waals surface area contributed by atoms with Crippen LogP contribution < -0.4 is 20.3 Å². The molecule has 1 aliphatic heterocycles. The third-order valence-corrected chi connectivity index (χ3v) is 6.16. The Balaban J connectivity index is 0.00000324. The van der Waals surface area contributed by atoms with Gasteiger partial charge in [-0.3, -0.25) is 4.99 Å². The lowest BCUT2D eigenvalue weighted by atomic mass is 10.1. The average Bonchev–Trinajstić information content (AvgIpc) is 3.45. The molecule has 7 nitrogen and oxygen atoms in total. The quantitative estimate of drug-likeness (QED) is 0.250. The second-order valence-electron chi connectivity index (χ2n) is 8.58. The third-order valence-electron chi connectivity index (χ3n) is 6.16. The highest BCUT2D eigenvalue weighted by Crippen LogP contribution is 2.26. The molecule has 1 fully saturated rings. The van der Waals surface area contributed by atoms with Crippen LogP contribution in [0, 0.1) is 19.8 Å². The van der Waals surface area contributed by atoms with E-state index in [9.17, 15) is 0 Å². The van der Waals surface area contributed by atoms with Crippen molar-refractivity contribution in [3.05, 3.63) is 71.5 Å². The van der Waals surface area contributed by atoms with Crippen LogP contribution in [0.15, 0.2) is 59.6 Å². The van der Waals surface area contributed by atoms with Gasteiger partial charge in [0, 0.05) is 50.7 Å². The van der Waals surface area contributed by atoms with Crippen molar-refractivity contribution in [3.8, 4) is 11.4 Å². The van der Waals surface area contributed by atoms with E-state index in [1.165, 1.54) is 11.3 Å². The van der Waals surface area contributed by atoms with E-state index in [0.717, 1.165) is 54.8 Å². The Hall–Kier alpha value is -2.75. The number of aromatic nitrogens is 2. The number of anilines is 1. The second-order valence-corrected chi connectivity index (χ2v) is 8.58. The molecule has 3 aromatic rings. The maximum atomic E-state index is 5.37. The highest BCUT2D eigenvalue weighted by atomic mass is 127. The predicted octanol–water partition coefficient (Wildman–Crippen LogP) is 4.31. The van der Waals surface area contributed by atoms with Crippen LogP contribution in [0.5, 0.6) is 5.75 Å². The van der Waals surface area contributed by atoms with Crippen molar-refractivity contribution in [3.63, 3.8) is 0 Å². The standard InChI is InChI=1S/C26H34N6O.HI/c1-19-14-20(2)32(30-19)25-11-6-5-8-22(25)17-29-26(27-3)28-16-21-12-13-31(18-21)23-9-7-10-24(15-23)33-4;/h5-11,14-15,21H,12-13,16-18H2,1-4H3,(H2,27,28,29);1H. The molecule has 2 heterocycles. The molecule has 8 heteroatoms. The topological polar surface area (TPSA) is 66.7 Å². The molecule has 1 saturated heterocycles. The summed E-state index contributed by atoms with van der Waals surface area (Å²) in [5.41, 5.74) is 5.64. The van der Waals surface area contributed by atoms with Gasteiger partial charge in [0.2, 0.25) is 0 Å². The second kappa shape index (κ2) is 12.1. The van der Waals surface area contributed by atoms with E-state index in [2.05, 4.69) is 81.1 Å². The van der Waals surface area contributed by atoms with Gasteiger partial charge in [0.1, 0.15) is 5.75 Å². The number of hydrogen-bond acceptors (Lipinski definition) is 4. The van der Waals surface area contributed by atoms with E-state index >= 15 is 0 Å². The average molecular weight is 575 g/mol. The highest BCUT2D eigenvalue weighted by Gasteiger charge is 2.23. The Kier molecular flexibility index (Phi) is 9.20. The van der Waals surface area contributed by atoms with Crippen LogP contribution in [0.2, 0.25) is 0 Å². The Bertz CT molecular complexity index is 1110. The van der Waals surface area contributed by atoms with Gasteiger partial charge in [-0.15, -0.1) is 24.0 Å². The van der Waals surface area contributed by atoms with Crippen LogP contribution in [0.25, 0.3) is 5.69 Å². The fourth-order valence-electron chi connectivity index (χ4n) is 4.42. The lowest BCUT2D eigenvalue weighted by Gasteiger charge is -2.20. The van der Waals surface area contributed by atoms with Crippen molar-refractivity contribution in [2.45, 2.75) is 26.8 Å². The van der Waals surface area contributed by atoms with Crippen molar-refractivity contribution < 1.29 is 4.74 Å². The molecule has 0 bridgehead atoms. The SMILES string of the molecule is CN=C(NCc1ccccc1-n1nc(C)cc1C)NCC1CCN(c2cccc(OC)c2)C1.I. The summed E-state index contributed by atoms with van der Waals surface area (Å²) in [6.45, 7) is 7.75. The van der Waals surface area contributed by atoms with Crippen molar-refractivity contribution >= 4 is 35.6 Å². The molecule has 0 spiro atoms. The van der Waals surface area contributed by atoms with Gasteiger partial charge in [-0.1, -0.05) is 24.3 Å². The number of benzene rings is 2. The molecule has 34 heavy (non-hydrogen) atoms. The molecular weight excluding hydrogens is 539 g/mol. The lowest BCUT2D eigenvalue weighted by molar-refractivity contribution is 0.415. The number of hydrogen-bond donors (Lipinski definition) is 2. The van der Waals surface area contributed by atoms with E-state index in [0.29, 0.717) is 12.5 Å². The molecule has 0 amide bonds. The van der Waals surface area contributed by atoms with E-state index in [1.54, 1.807) is 7.11 Å². The number of nitrogens with zero attached hydrogens (tertiary/aromatic N) is 4. The van der Waals surface area contributed by atoms with E-state index in [4.69, 9.17) is 4.74 Å². The van der Waals surface area contributed by atoms with Crippen LogP contribution in [-0.2, 0) is 6.54 Å². The fourth-order valence-corrected chi connectivity index (χ4v) is 4.42. The Morgan fingerprint density at radius 1 is 1.12 bits per heavy atom. The van der Waals surface area contributed by atoms with Crippen molar-refractivity contribution in [1.29, 1.82) is 0 Å². The lowest BCUT2D eigenvalue weighted by Crippen LogP contribution is -2.40. The number of ether oxygens (including phenoxy) is 1. The molecule has 182 valence electrons. The van der Waals surface area contributed by atoms with Crippen LogP contribution in [0.4, 0.5) is 5.69 Å². The number of para-hydroxylation sites is 1. The predicted molar refractivity (Wildman–Crippen MR) is 150 cm³/mol. The normalized spacial score (nSPS) is 15.7. The maximum Gasteiger partial charge on any atom is 0.191 e. The highest BCUT2D eigenvalue weighted by molar-refractivity contribution is 14.0.